The van der Waals surface area contributed by atoms with Gasteiger partial charge in [0.1, 0.15) is 6.04 Å². The van der Waals surface area contributed by atoms with Crippen molar-refractivity contribution in [3.8, 4) is 0 Å². The first kappa shape index (κ1) is 15.3. The Morgan fingerprint density at radius 2 is 2.00 bits per heavy atom. The van der Waals surface area contributed by atoms with Crippen molar-refractivity contribution >= 4 is 28.9 Å². The molecule has 1 aliphatic rings. The number of allylic oxidation sites excluding steroid dienone is 1. The summed E-state index contributed by atoms with van der Waals surface area (Å²) in [5.74, 6) is 0.462. The van der Waals surface area contributed by atoms with Crippen LogP contribution in [-0.4, -0.2) is 25.1 Å². The summed E-state index contributed by atoms with van der Waals surface area (Å²) in [5, 5.41) is 26.5. The normalized spacial score (nSPS) is 15.9. The highest BCUT2D eigenvalue weighted by molar-refractivity contribution is 6.30. The molecule has 1 aliphatic heterocycles. The molecule has 0 saturated carbocycles. The minimum absolute atomic E-state index is 0.0205. The Labute approximate surface area is 146 Å². The number of hydrogen-bond acceptors (Lipinski definition) is 6. The first-order chi connectivity index (χ1) is 12.1. The second-order valence-corrected chi connectivity index (χ2v) is 5.89. The average molecular weight is 355 g/mol. The summed E-state index contributed by atoms with van der Waals surface area (Å²) in [6.45, 7) is 0. The zero-order valence-corrected chi connectivity index (χ0v) is 13.5. The molecule has 1 atom stereocenters. The van der Waals surface area contributed by atoms with Gasteiger partial charge in [-0.15, -0.1) is 0 Å². The van der Waals surface area contributed by atoms with Crippen molar-refractivity contribution in [2.45, 2.75) is 6.04 Å². The summed E-state index contributed by atoms with van der Waals surface area (Å²) < 4.78 is 1.58. The van der Waals surface area contributed by atoms with E-state index in [0.29, 0.717) is 11.0 Å². The van der Waals surface area contributed by atoms with E-state index in [1.54, 1.807) is 22.9 Å². The van der Waals surface area contributed by atoms with Crippen LogP contribution in [0.1, 0.15) is 17.2 Å². The number of hydrogen-bond donors (Lipinski definition) is 1. The molecule has 0 radical (unpaired) electrons. The predicted octanol–water partition coefficient (Wildman–Crippen LogP) is 3.29. The number of anilines is 1. The second kappa shape index (κ2) is 5.99. The fraction of sp³-hybridized carbons (Fsp3) is 0.0625. The summed E-state index contributed by atoms with van der Waals surface area (Å²) in [5.41, 5.74) is 2.45. The molecular weight excluding hydrogens is 344 g/mol. The minimum Gasteiger partial charge on any atom is -0.323 e. The van der Waals surface area contributed by atoms with Gasteiger partial charge >= 0.3 is 0 Å². The molecule has 25 heavy (non-hydrogen) atoms. The third kappa shape index (κ3) is 2.83. The van der Waals surface area contributed by atoms with Gasteiger partial charge in [-0.2, -0.15) is 4.68 Å². The van der Waals surface area contributed by atoms with Crippen LogP contribution in [0.15, 0.2) is 54.6 Å². The monoisotopic (exact) mass is 354 g/mol. The number of benzene rings is 2. The van der Waals surface area contributed by atoms with E-state index in [9.17, 15) is 10.1 Å². The van der Waals surface area contributed by atoms with Gasteiger partial charge < -0.3 is 5.32 Å². The van der Waals surface area contributed by atoms with Crippen LogP contribution in [0.5, 0.6) is 0 Å². The summed E-state index contributed by atoms with van der Waals surface area (Å²) >= 11 is 5.95. The Hall–Kier alpha value is -3.26. The molecule has 9 heteroatoms. The van der Waals surface area contributed by atoms with Crippen molar-refractivity contribution in [3.05, 3.63) is 80.9 Å². The van der Waals surface area contributed by atoms with E-state index in [4.69, 9.17) is 11.6 Å². The molecule has 0 spiro atoms. The number of nitrogens with zero attached hydrogens (tertiary/aromatic N) is 5. The van der Waals surface area contributed by atoms with Gasteiger partial charge in [-0.25, -0.2) is 0 Å². The van der Waals surface area contributed by atoms with E-state index in [0.717, 1.165) is 16.8 Å². The van der Waals surface area contributed by atoms with Gasteiger partial charge in [0.15, 0.2) is 0 Å². The maximum atomic E-state index is 11.1. The van der Waals surface area contributed by atoms with Crippen molar-refractivity contribution in [1.29, 1.82) is 0 Å². The van der Waals surface area contributed by atoms with Gasteiger partial charge in [0.05, 0.1) is 4.92 Å². The Kier molecular flexibility index (Phi) is 3.66. The van der Waals surface area contributed by atoms with Crippen LogP contribution in [0.25, 0.3) is 5.70 Å². The molecule has 1 aromatic heterocycles. The molecule has 4 rings (SSSR count). The number of tetrazole rings is 1. The van der Waals surface area contributed by atoms with Gasteiger partial charge in [-0.3, -0.25) is 10.1 Å². The summed E-state index contributed by atoms with van der Waals surface area (Å²) in [6.07, 6.45) is 1.92. The molecule has 0 unspecified atom stereocenters. The van der Waals surface area contributed by atoms with Gasteiger partial charge in [0, 0.05) is 22.9 Å². The molecule has 1 N–H and O–H groups in total. The van der Waals surface area contributed by atoms with Gasteiger partial charge in [-0.05, 0) is 39.8 Å². The van der Waals surface area contributed by atoms with E-state index in [1.807, 2.05) is 24.3 Å². The highest BCUT2D eigenvalue weighted by Crippen LogP contribution is 2.32. The molecule has 8 nitrogen and oxygen atoms in total. The summed E-state index contributed by atoms with van der Waals surface area (Å²) in [4.78, 5) is 10.6. The fourth-order valence-corrected chi connectivity index (χ4v) is 2.84. The highest BCUT2D eigenvalue weighted by atomic mass is 35.5. The summed E-state index contributed by atoms with van der Waals surface area (Å²) in [7, 11) is 0. The number of nitro groups is 1. The van der Waals surface area contributed by atoms with Crippen molar-refractivity contribution in [1.82, 2.24) is 20.2 Å². The van der Waals surface area contributed by atoms with Crippen LogP contribution in [0, 0.1) is 10.1 Å². The third-order valence-electron chi connectivity index (χ3n) is 3.91. The van der Waals surface area contributed by atoms with E-state index >= 15 is 0 Å². The number of halogens is 1. The number of nitro benzene ring substituents is 1. The molecule has 0 fully saturated rings. The maximum Gasteiger partial charge on any atom is 0.269 e. The van der Waals surface area contributed by atoms with E-state index in [-0.39, 0.29) is 11.7 Å². The van der Waals surface area contributed by atoms with Crippen molar-refractivity contribution < 1.29 is 4.92 Å². The number of aromatic nitrogens is 4. The van der Waals surface area contributed by atoms with Crippen LogP contribution in [-0.2, 0) is 0 Å². The first-order valence-corrected chi connectivity index (χ1v) is 7.76. The number of rotatable bonds is 3. The summed E-state index contributed by atoms with van der Waals surface area (Å²) in [6, 6.07) is 13.4. The minimum atomic E-state index is -0.422. The number of nitrogens with one attached hydrogen (secondary N) is 1. The second-order valence-electron chi connectivity index (χ2n) is 5.46. The lowest BCUT2D eigenvalue weighted by Crippen LogP contribution is -2.20. The van der Waals surface area contributed by atoms with E-state index in [1.165, 1.54) is 12.1 Å². The molecule has 0 aliphatic carbocycles. The molecule has 2 aromatic carbocycles. The molecule has 124 valence electrons. The Morgan fingerprint density at radius 1 is 1.20 bits per heavy atom. The van der Waals surface area contributed by atoms with Crippen molar-refractivity contribution in [2.75, 3.05) is 5.32 Å². The number of non-ortho nitro benzene ring substituents is 1. The SMILES string of the molecule is O=[N+]([O-])c1cccc([C@H]2C=C(c3ccc(Cl)cc3)Nc3nnnn32)c1. The van der Waals surface area contributed by atoms with E-state index < -0.39 is 4.92 Å². The van der Waals surface area contributed by atoms with Crippen LogP contribution in [0.2, 0.25) is 5.02 Å². The Morgan fingerprint density at radius 3 is 2.76 bits per heavy atom. The smallest absolute Gasteiger partial charge is 0.269 e. The van der Waals surface area contributed by atoms with Crippen molar-refractivity contribution in [3.63, 3.8) is 0 Å². The Balaban J connectivity index is 1.81. The van der Waals surface area contributed by atoms with Gasteiger partial charge in [0.25, 0.3) is 5.69 Å². The largest absolute Gasteiger partial charge is 0.323 e. The molecule has 0 saturated heterocycles. The molecule has 2 heterocycles. The maximum absolute atomic E-state index is 11.1. The molecular formula is C16H11ClN6O2. The standard InChI is InChI=1S/C16H11ClN6O2/c17-12-6-4-10(5-7-12)14-9-15(22-16(18-14)19-20-21-22)11-2-1-3-13(8-11)23(24)25/h1-9,15H,(H,18,19,21)/t15-/m1/s1. The molecule has 3 aromatic rings. The van der Waals surface area contributed by atoms with Crippen LogP contribution < -0.4 is 5.32 Å². The third-order valence-corrected chi connectivity index (χ3v) is 4.16. The molecule has 0 bridgehead atoms. The lowest BCUT2D eigenvalue weighted by Gasteiger charge is -2.23. The van der Waals surface area contributed by atoms with Crippen LogP contribution in [0.3, 0.4) is 0 Å². The van der Waals surface area contributed by atoms with E-state index in [2.05, 4.69) is 20.8 Å². The fourth-order valence-electron chi connectivity index (χ4n) is 2.71. The van der Waals surface area contributed by atoms with Gasteiger partial charge in [0.2, 0.25) is 5.95 Å². The predicted molar refractivity (Wildman–Crippen MR) is 92.1 cm³/mol. The lowest BCUT2D eigenvalue weighted by molar-refractivity contribution is -0.384. The zero-order valence-electron chi connectivity index (χ0n) is 12.7. The average Bonchev–Trinajstić information content (AvgIpc) is 3.10. The lowest BCUT2D eigenvalue weighted by atomic mass is 10.0. The van der Waals surface area contributed by atoms with Crippen molar-refractivity contribution in [2.24, 2.45) is 0 Å². The zero-order chi connectivity index (χ0) is 17.4. The molecule has 0 amide bonds. The highest BCUT2D eigenvalue weighted by Gasteiger charge is 2.25. The van der Waals surface area contributed by atoms with Gasteiger partial charge in [-0.1, -0.05) is 41.0 Å². The quantitative estimate of drug-likeness (QED) is 0.572. The topological polar surface area (TPSA) is 98.8 Å². The number of fused-ring (bicyclic) bond motifs is 1. The first-order valence-electron chi connectivity index (χ1n) is 7.39. The van der Waals surface area contributed by atoms with Crippen LogP contribution >= 0.6 is 11.6 Å². The Bertz CT molecular complexity index is 982. The van der Waals surface area contributed by atoms with Crippen LogP contribution in [0.4, 0.5) is 11.6 Å².